The Hall–Kier alpha value is -1.08. The maximum Gasteiger partial charge on any atom is 0.360 e. The van der Waals surface area contributed by atoms with E-state index < -0.39 is 20.8 Å². The van der Waals surface area contributed by atoms with E-state index in [0.717, 1.165) is 0 Å². The molecule has 0 aliphatic carbocycles. The van der Waals surface area contributed by atoms with Crippen LogP contribution in [0.1, 0.15) is 23.2 Å². The molecular weight excluding hydrogens is 246 g/mol. The molecule has 0 radical (unpaired) electrons. The first-order valence-electron chi connectivity index (χ1n) is 3.97. The van der Waals surface area contributed by atoms with E-state index in [9.17, 15) is 13.2 Å². The maximum atomic E-state index is 11.1. The Balaban J connectivity index is 2.77. The van der Waals surface area contributed by atoms with Gasteiger partial charge in [-0.3, -0.25) is 0 Å². The lowest BCUT2D eigenvalue weighted by Crippen LogP contribution is -2.04. The second kappa shape index (κ2) is 4.63. The van der Waals surface area contributed by atoms with Crippen LogP contribution in [-0.2, 0) is 19.5 Å². The summed E-state index contributed by atoms with van der Waals surface area (Å²) in [7, 11) is 1.27. The molecule has 0 unspecified atom stereocenters. The van der Waals surface area contributed by atoms with Crippen molar-refractivity contribution in [3.05, 3.63) is 17.5 Å². The summed E-state index contributed by atoms with van der Waals surface area (Å²) in [4.78, 5) is 11.1. The predicted octanol–water partition coefficient (Wildman–Crippen LogP) is 0.920. The summed E-state index contributed by atoms with van der Waals surface area (Å²) in [5.41, 5.74) is -0.0767. The van der Waals surface area contributed by atoms with E-state index >= 15 is 0 Å². The molecule has 1 heterocycles. The van der Waals surface area contributed by atoms with Crippen LogP contribution in [-0.4, -0.2) is 26.2 Å². The average Bonchev–Trinajstić information content (AvgIpc) is 2.50. The zero-order valence-electron chi connectivity index (χ0n) is 7.77. The topological polar surface area (TPSA) is 86.5 Å². The van der Waals surface area contributed by atoms with Crippen LogP contribution in [0.5, 0.6) is 0 Å². The monoisotopic (exact) mass is 253 g/mol. The molecule has 0 aliphatic rings. The zero-order valence-corrected chi connectivity index (χ0v) is 9.34. The number of hydrogen-bond donors (Lipinski definition) is 0. The fraction of sp³-hybridized carbons (Fsp3) is 0.429. The lowest BCUT2D eigenvalue weighted by molar-refractivity contribution is 0.0514. The molecule has 0 saturated heterocycles. The minimum absolute atomic E-state index is 0.00643. The standard InChI is InChI=1S/C7H8ClNO5S/c1-2-13-7(10)6-3-5(14-9-6)4-15(8,11)12/h3H,2,4H2,1H3. The van der Waals surface area contributed by atoms with Crippen molar-refractivity contribution in [1.29, 1.82) is 0 Å². The Morgan fingerprint density at radius 2 is 2.33 bits per heavy atom. The molecule has 0 spiro atoms. The van der Waals surface area contributed by atoms with Crippen molar-refractivity contribution in [1.82, 2.24) is 5.16 Å². The average molecular weight is 254 g/mol. The summed E-state index contributed by atoms with van der Waals surface area (Å²) >= 11 is 0. The molecule has 0 atom stereocenters. The Morgan fingerprint density at radius 1 is 1.67 bits per heavy atom. The fourth-order valence-corrected chi connectivity index (χ4v) is 1.65. The third-order valence-corrected chi connectivity index (χ3v) is 2.31. The first-order valence-corrected chi connectivity index (χ1v) is 6.45. The van der Waals surface area contributed by atoms with Crippen LogP contribution in [0.4, 0.5) is 0 Å². The number of carbonyl (C=O) groups is 1. The highest BCUT2D eigenvalue weighted by atomic mass is 35.7. The molecule has 0 fully saturated rings. The number of ether oxygens (including phenoxy) is 1. The Labute approximate surface area is 90.6 Å². The van der Waals surface area contributed by atoms with Gasteiger partial charge in [-0.25, -0.2) is 13.2 Å². The maximum absolute atomic E-state index is 11.1. The largest absolute Gasteiger partial charge is 0.461 e. The minimum atomic E-state index is -3.72. The molecule has 1 rings (SSSR count). The van der Waals surface area contributed by atoms with Crippen molar-refractivity contribution >= 4 is 25.7 Å². The summed E-state index contributed by atoms with van der Waals surface area (Å²) in [5.74, 6) is -1.19. The van der Waals surface area contributed by atoms with Gasteiger partial charge in [0.25, 0.3) is 0 Å². The number of hydrogen-bond acceptors (Lipinski definition) is 6. The summed E-state index contributed by atoms with van der Waals surface area (Å²) in [6, 6.07) is 1.18. The molecule has 1 aromatic rings. The van der Waals surface area contributed by atoms with E-state index in [-0.39, 0.29) is 18.1 Å². The van der Waals surface area contributed by atoms with Crippen LogP contribution in [0.25, 0.3) is 0 Å². The van der Waals surface area contributed by atoms with Gasteiger partial charge in [0.1, 0.15) is 5.75 Å². The van der Waals surface area contributed by atoms with Crippen molar-refractivity contribution in [2.45, 2.75) is 12.7 Å². The van der Waals surface area contributed by atoms with Crippen LogP contribution in [0.3, 0.4) is 0 Å². The Morgan fingerprint density at radius 3 is 2.87 bits per heavy atom. The highest BCUT2D eigenvalue weighted by molar-refractivity contribution is 8.13. The van der Waals surface area contributed by atoms with E-state index in [0.29, 0.717) is 0 Å². The third-order valence-electron chi connectivity index (χ3n) is 1.36. The van der Waals surface area contributed by atoms with Crippen LogP contribution >= 0.6 is 10.7 Å². The number of rotatable bonds is 4. The second-order valence-corrected chi connectivity index (χ2v) is 5.36. The van der Waals surface area contributed by atoms with Gasteiger partial charge in [0, 0.05) is 16.7 Å². The van der Waals surface area contributed by atoms with Gasteiger partial charge in [-0.05, 0) is 6.92 Å². The number of carbonyl (C=O) groups excluding carboxylic acids is 1. The Bertz CT molecular complexity index is 452. The van der Waals surface area contributed by atoms with E-state index in [4.69, 9.17) is 10.7 Å². The van der Waals surface area contributed by atoms with Gasteiger partial charge >= 0.3 is 5.97 Å². The number of aromatic nitrogens is 1. The highest BCUT2D eigenvalue weighted by Crippen LogP contribution is 2.11. The van der Waals surface area contributed by atoms with E-state index in [1.165, 1.54) is 6.07 Å². The zero-order chi connectivity index (χ0) is 11.5. The molecule has 15 heavy (non-hydrogen) atoms. The smallest absolute Gasteiger partial charge is 0.360 e. The fourth-order valence-electron chi connectivity index (χ4n) is 0.852. The van der Waals surface area contributed by atoms with Gasteiger partial charge in [-0.2, -0.15) is 0 Å². The lowest BCUT2D eigenvalue weighted by Gasteiger charge is -1.94. The van der Waals surface area contributed by atoms with Gasteiger partial charge in [-0.1, -0.05) is 5.16 Å². The van der Waals surface area contributed by atoms with Crippen LogP contribution in [0.15, 0.2) is 10.6 Å². The van der Waals surface area contributed by atoms with Crippen molar-refractivity contribution in [2.75, 3.05) is 6.61 Å². The Kier molecular flexibility index (Phi) is 3.70. The molecule has 0 bridgehead atoms. The second-order valence-electron chi connectivity index (χ2n) is 2.58. The highest BCUT2D eigenvalue weighted by Gasteiger charge is 2.17. The van der Waals surface area contributed by atoms with E-state index in [1.54, 1.807) is 6.92 Å². The molecule has 0 aliphatic heterocycles. The molecule has 1 aromatic heterocycles. The summed E-state index contributed by atoms with van der Waals surface area (Å²) < 4.78 is 30.6. The van der Waals surface area contributed by atoms with E-state index in [1.807, 2.05) is 0 Å². The molecule has 6 nitrogen and oxygen atoms in total. The third kappa shape index (κ3) is 3.88. The van der Waals surface area contributed by atoms with E-state index in [2.05, 4.69) is 14.4 Å². The van der Waals surface area contributed by atoms with Crippen LogP contribution < -0.4 is 0 Å². The van der Waals surface area contributed by atoms with Crippen LogP contribution in [0.2, 0.25) is 0 Å². The molecule has 8 heteroatoms. The van der Waals surface area contributed by atoms with Crippen LogP contribution in [0, 0.1) is 0 Å². The van der Waals surface area contributed by atoms with Crippen molar-refractivity contribution in [2.24, 2.45) is 0 Å². The first kappa shape index (κ1) is 12.0. The molecule has 0 N–H and O–H groups in total. The number of esters is 1. The molecule has 0 aromatic carbocycles. The SMILES string of the molecule is CCOC(=O)c1cc(CS(=O)(=O)Cl)on1. The quantitative estimate of drug-likeness (QED) is 0.586. The van der Waals surface area contributed by atoms with Gasteiger partial charge in [0.2, 0.25) is 9.05 Å². The van der Waals surface area contributed by atoms with Crippen molar-refractivity contribution in [3.8, 4) is 0 Å². The minimum Gasteiger partial charge on any atom is -0.461 e. The van der Waals surface area contributed by atoms with Gasteiger partial charge in [0.05, 0.1) is 6.61 Å². The number of nitrogens with zero attached hydrogens (tertiary/aromatic N) is 1. The molecular formula is C7H8ClNO5S. The molecule has 0 saturated carbocycles. The summed E-state index contributed by atoms with van der Waals surface area (Å²) in [5, 5.41) is 3.35. The lowest BCUT2D eigenvalue weighted by atomic mass is 10.4. The van der Waals surface area contributed by atoms with Crippen molar-refractivity contribution < 1.29 is 22.5 Å². The number of halogens is 1. The first-order chi connectivity index (χ1) is 6.92. The normalized spacial score (nSPS) is 11.3. The van der Waals surface area contributed by atoms with Gasteiger partial charge < -0.3 is 9.26 Å². The van der Waals surface area contributed by atoms with Crippen molar-refractivity contribution in [3.63, 3.8) is 0 Å². The van der Waals surface area contributed by atoms with Gasteiger partial charge in [-0.15, -0.1) is 0 Å². The molecule has 0 amide bonds. The van der Waals surface area contributed by atoms with Gasteiger partial charge in [0.15, 0.2) is 11.5 Å². The predicted molar refractivity (Wildman–Crippen MR) is 50.9 cm³/mol. The molecule has 84 valence electrons. The summed E-state index contributed by atoms with van der Waals surface area (Å²) in [6.07, 6.45) is 0. The summed E-state index contributed by atoms with van der Waals surface area (Å²) in [6.45, 7) is 1.84.